The van der Waals surface area contributed by atoms with Crippen LogP contribution in [0, 0.1) is 13.8 Å². The number of Topliss-reactive ketones (excluding diaryl/α,β-unsaturated/α-hetero) is 1. The first-order valence-electron chi connectivity index (χ1n) is 12.3. The number of benzene rings is 1. The van der Waals surface area contributed by atoms with Crippen molar-refractivity contribution in [2.24, 2.45) is 0 Å². The predicted molar refractivity (Wildman–Crippen MR) is 135 cm³/mol. The summed E-state index contributed by atoms with van der Waals surface area (Å²) < 4.78 is 2.22. The van der Waals surface area contributed by atoms with Gasteiger partial charge in [0.1, 0.15) is 0 Å². The molecule has 1 aromatic carbocycles. The molecule has 0 atom stereocenters. The molecule has 0 unspecified atom stereocenters. The number of carbonyl (C=O) groups is 2. The Morgan fingerprint density at radius 2 is 1.58 bits per heavy atom. The van der Waals surface area contributed by atoms with Crippen molar-refractivity contribution in [3.8, 4) is 0 Å². The van der Waals surface area contributed by atoms with Crippen LogP contribution in [0.5, 0.6) is 0 Å². The fourth-order valence-electron chi connectivity index (χ4n) is 4.88. The summed E-state index contributed by atoms with van der Waals surface area (Å²) in [5.41, 5.74) is 5.68. The Kier molecular flexibility index (Phi) is 7.84. The summed E-state index contributed by atoms with van der Waals surface area (Å²) in [6.07, 6.45) is 1.31. The number of hydrogen-bond acceptors (Lipinski definition) is 3. The maximum atomic E-state index is 12.9. The van der Waals surface area contributed by atoms with Crippen LogP contribution in [0.15, 0.2) is 30.3 Å². The Bertz CT molecular complexity index is 972. The molecule has 3 rings (SSSR count). The number of aryl methyl sites for hydroxylation is 2. The zero-order valence-corrected chi connectivity index (χ0v) is 21.6. The quantitative estimate of drug-likeness (QED) is 0.560. The van der Waals surface area contributed by atoms with Crippen LogP contribution in [0.2, 0.25) is 0 Å². The van der Waals surface area contributed by atoms with Gasteiger partial charge >= 0.3 is 0 Å². The Balaban J connectivity index is 1.47. The summed E-state index contributed by atoms with van der Waals surface area (Å²) >= 11 is 0. The van der Waals surface area contributed by atoms with Crippen molar-refractivity contribution in [3.05, 3.63) is 58.4 Å². The van der Waals surface area contributed by atoms with E-state index in [2.05, 4.69) is 75.3 Å². The summed E-state index contributed by atoms with van der Waals surface area (Å²) in [6, 6.07) is 11.0. The second kappa shape index (κ2) is 10.3. The van der Waals surface area contributed by atoms with Crippen molar-refractivity contribution in [1.82, 2.24) is 14.4 Å². The number of amides is 1. The summed E-state index contributed by atoms with van der Waals surface area (Å²) in [5.74, 6) is 0.384. The molecule has 2 aromatic rings. The summed E-state index contributed by atoms with van der Waals surface area (Å²) in [7, 11) is 0. The summed E-state index contributed by atoms with van der Waals surface area (Å²) in [5, 5.41) is 0. The van der Waals surface area contributed by atoms with Gasteiger partial charge in [0.25, 0.3) is 0 Å². The zero-order chi connectivity index (χ0) is 24.3. The molecule has 5 heteroatoms. The van der Waals surface area contributed by atoms with Crippen molar-refractivity contribution in [1.29, 1.82) is 0 Å². The third kappa shape index (κ3) is 6.14. The molecule has 0 radical (unpaired) electrons. The molecule has 0 bridgehead atoms. The average Bonchev–Trinajstić information content (AvgIpc) is 3.06. The number of ketones is 1. The van der Waals surface area contributed by atoms with Gasteiger partial charge < -0.3 is 9.47 Å². The maximum absolute atomic E-state index is 12.9. The number of nitrogens with zero attached hydrogens (tertiary/aromatic N) is 3. The molecular formula is C28H41N3O2. The highest BCUT2D eigenvalue weighted by atomic mass is 16.2. The largest absolute Gasteiger partial charge is 0.346 e. The monoisotopic (exact) mass is 451 g/mol. The molecule has 1 saturated heterocycles. The van der Waals surface area contributed by atoms with E-state index < -0.39 is 0 Å². The molecule has 5 nitrogen and oxygen atoms in total. The Morgan fingerprint density at radius 1 is 0.970 bits per heavy atom. The highest BCUT2D eigenvalue weighted by Crippen LogP contribution is 2.23. The topological polar surface area (TPSA) is 45.6 Å². The SMILES string of the molecule is Cc1cc(C(=O)CN2CCN(C(=O)CCc3ccc(C(C)(C)C)cc3)CC2)c(C)n1C(C)C. The van der Waals surface area contributed by atoms with Gasteiger partial charge in [-0.15, -0.1) is 0 Å². The fourth-order valence-corrected chi connectivity index (χ4v) is 4.88. The zero-order valence-electron chi connectivity index (χ0n) is 21.6. The summed E-state index contributed by atoms with van der Waals surface area (Å²) in [6.45, 7) is 18.3. The van der Waals surface area contributed by atoms with E-state index in [0.717, 1.165) is 36.5 Å². The lowest BCUT2D eigenvalue weighted by Gasteiger charge is -2.34. The minimum atomic E-state index is 0.144. The molecule has 1 aromatic heterocycles. The van der Waals surface area contributed by atoms with Crippen LogP contribution in [0.4, 0.5) is 0 Å². The van der Waals surface area contributed by atoms with Crippen molar-refractivity contribution in [2.75, 3.05) is 32.7 Å². The van der Waals surface area contributed by atoms with Crippen molar-refractivity contribution < 1.29 is 9.59 Å². The Morgan fingerprint density at radius 3 is 2.09 bits per heavy atom. The number of hydrogen-bond donors (Lipinski definition) is 0. The maximum Gasteiger partial charge on any atom is 0.222 e. The van der Waals surface area contributed by atoms with Crippen LogP contribution in [-0.2, 0) is 16.6 Å². The number of piperazine rings is 1. The van der Waals surface area contributed by atoms with Gasteiger partial charge in [-0.3, -0.25) is 14.5 Å². The van der Waals surface area contributed by atoms with Gasteiger partial charge in [0.15, 0.2) is 5.78 Å². The average molecular weight is 452 g/mol. The van der Waals surface area contributed by atoms with Gasteiger partial charge in [0, 0.05) is 55.6 Å². The molecule has 33 heavy (non-hydrogen) atoms. The first kappa shape index (κ1) is 25.2. The van der Waals surface area contributed by atoms with Crippen LogP contribution >= 0.6 is 0 Å². The van der Waals surface area contributed by atoms with E-state index >= 15 is 0 Å². The van der Waals surface area contributed by atoms with Gasteiger partial charge in [0.05, 0.1) is 6.54 Å². The number of rotatable bonds is 7. The van der Waals surface area contributed by atoms with Crippen LogP contribution in [0.25, 0.3) is 0 Å². The third-order valence-electron chi connectivity index (χ3n) is 6.84. The minimum Gasteiger partial charge on any atom is -0.346 e. The van der Waals surface area contributed by atoms with Gasteiger partial charge in [-0.2, -0.15) is 0 Å². The molecule has 2 heterocycles. The second-order valence-corrected chi connectivity index (χ2v) is 10.8. The van der Waals surface area contributed by atoms with E-state index in [-0.39, 0.29) is 17.1 Å². The number of carbonyl (C=O) groups excluding carboxylic acids is 2. The Labute approximate surface area is 199 Å². The molecular weight excluding hydrogens is 410 g/mol. The molecule has 1 amide bonds. The molecule has 0 aliphatic carbocycles. The smallest absolute Gasteiger partial charge is 0.222 e. The first-order valence-corrected chi connectivity index (χ1v) is 12.3. The molecule has 1 aliphatic heterocycles. The number of aromatic nitrogens is 1. The first-order chi connectivity index (χ1) is 15.5. The highest BCUT2D eigenvalue weighted by molar-refractivity contribution is 5.99. The van der Waals surface area contributed by atoms with E-state index in [1.165, 1.54) is 11.1 Å². The Hall–Kier alpha value is -2.40. The molecule has 180 valence electrons. The van der Waals surface area contributed by atoms with E-state index in [4.69, 9.17) is 0 Å². The van der Waals surface area contributed by atoms with Gasteiger partial charge in [0.2, 0.25) is 5.91 Å². The minimum absolute atomic E-state index is 0.144. The molecule has 0 spiro atoms. The van der Waals surface area contributed by atoms with Gasteiger partial charge in [-0.25, -0.2) is 0 Å². The molecule has 0 N–H and O–H groups in total. The van der Waals surface area contributed by atoms with Crippen LogP contribution < -0.4 is 0 Å². The molecule has 0 saturated carbocycles. The fraction of sp³-hybridized carbons (Fsp3) is 0.571. The molecule has 1 aliphatic rings. The van der Waals surface area contributed by atoms with E-state index in [1.54, 1.807) is 0 Å². The van der Waals surface area contributed by atoms with Crippen molar-refractivity contribution in [2.45, 2.75) is 72.8 Å². The second-order valence-electron chi connectivity index (χ2n) is 10.8. The normalized spacial score (nSPS) is 15.3. The molecule has 1 fully saturated rings. The lowest BCUT2D eigenvalue weighted by molar-refractivity contribution is -0.132. The predicted octanol–water partition coefficient (Wildman–Crippen LogP) is 4.94. The van der Waals surface area contributed by atoms with E-state index in [9.17, 15) is 9.59 Å². The van der Waals surface area contributed by atoms with Crippen molar-refractivity contribution in [3.63, 3.8) is 0 Å². The highest BCUT2D eigenvalue weighted by Gasteiger charge is 2.24. The van der Waals surface area contributed by atoms with Gasteiger partial charge in [-0.05, 0) is 56.7 Å². The third-order valence-corrected chi connectivity index (χ3v) is 6.84. The van der Waals surface area contributed by atoms with Crippen LogP contribution in [-0.4, -0.2) is 58.8 Å². The van der Waals surface area contributed by atoms with Crippen LogP contribution in [0.1, 0.15) is 80.0 Å². The van der Waals surface area contributed by atoms with Crippen molar-refractivity contribution >= 4 is 11.7 Å². The lowest BCUT2D eigenvalue weighted by Crippen LogP contribution is -2.50. The van der Waals surface area contributed by atoms with E-state index in [0.29, 0.717) is 32.1 Å². The summed E-state index contributed by atoms with van der Waals surface area (Å²) in [4.78, 5) is 29.8. The van der Waals surface area contributed by atoms with Crippen LogP contribution in [0.3, 0.4) is 0 Å². The lowest BCUT2D eigenvalue weighted by atomic mass is 9.86. The van der Waals surface area contributed by atoms with Gasteiger partial charge in [-0.1, -0.05) is 45.0 Å². The standard InChI is InChI=1S/C28H41N3O2/c1-20(2)31-21(3)18-25(22(31)4)26(32)19-29-14-16-30(17-15-29)27(33)13-10-23-8-11-24(12-9-23)28(5,6)7/h8-9,11-12,18,20H,10,13-17,19H2,1-7H3. The van der Waals surface area contributed by atoms with E-state index in [1.807, 2.05) is 17.9 Å².